The van der Waals surface area contributed by atoms with Crippen LogP contribution in [0.15, 0.2) is 0 Å². The van der Waals surface area contributed by atoms with Gasteiger partial charge in [0.05, 0.1) is 6.10 Å². The lowest BCUT2D eigenvalue weighted by Crippen LogP contribution is -2.05. The maximum absolute atomic E-state index is 9.72. The Morgan fingerprint density at radius 3 is 1.75 bits per heavy atom. The summed E-state index contributed by atoms with van der Waals surface area (Å²) in [6.07, 6.45) is 12.3. The average molecular weight is 228 g/mol. The number of unbranched alkanes of at least 4 members (excludes halogenated alkanes) is 5. The summed E-state index contributed by atoms with van der Waals surface area (Å²) in [5.74, 6) is 0.847. The minimum absolute atomic E-state index is 0.0309. The van der Waals surface area contributed by atoms with Gasteiger partial charge >= 0.3 is 0 Å². The van der Waals surface area contributed by atoms with E-state index >= 15 is 0 Å². The molecule has 0 aromatic heterocycles. The summed E-state index contributed by atoms with van der Waals surface area (Å²) in [5, 5.41) is 9.72. The van der Waals surface area contributed by atoms with E-state index < -0.39 is 0 Å². The molecule has 1 nitrogen and oxygen atoms in total. The van der Waals surface area contributed by atoms with Crippen LogP contribution in [-0.2, 0) is 0 Å². The van der Waals surface area contributed by atoms with E-state index in [0.717, 1.165) is 18.8 Å². The molecular formula is C15H32O. The van der Waals surface area contributed by atoms with Gasteiger partial charge in [-0.3, -0.25) is 0 Å². The lowest BCUT2D eigenvalue weighted by molar-refractivity contribution is 0.147. The van der Waals surface area contributed by atoms with E-state index in [-0.39, 0.29) is 6.10 Å². The highest BCUT2D eigenvalue weighted by molar-refractivity contribution is 4.57. The molecule has 0 heterocycles. The zero-order valence-corrected chi connectivity index (χ0v) is 11.7. The maximum Gasteiger partial charge on any atom is 0.0540 e. The third-order valence-electron chi connectivity index (χ3n) is 3.21. The van der Waals surface area contributed by atoms with Crippen molar-refractivity contribution >= 4 is 0 Å². The first-order chi connectivity index (χ1) is 7.66. The third kappa shape index (κ3) is 12.0. The van der Waals surface area contributed by atoms with Gasteiger partial charge in [-0.05, 0) is 18.8 Å². The Kier molecular flexibility index (Phi) is 11.4. The summed E-state index contributed by atoms with van der Waals surface area (Å²) < 4.78 is 0. The van der Waals surface area contributed by atoms with Crippen molar-refractivity contribution in [2.75, 3.05) is 0 Å². The highest BCUT2D eigenvalue weighted by Crippen LogP contribution is 2.13. The SMILES string of the molecule is CCCCCC(O)CCCCCCC(C)C. The summed E-state index contributed by atoms with van der Waals surface area (Å²) in [6.45, 7) is 6.79. The average Bonchev–Trinajstić information content (AvgIpc) is 2.23. The van der Waals surface area contributed by atoms with Gasteiger partial charge in [0, 0.05) is 0 Å². The van der Waals surface area contributed by atoms with Gasteiger partial charge in [0.25, 0.3) is 0 Å². The summed E-state index contributed by atoms with van der Waals surface area (Å²) in [4.78, 5) is 0. The zero-order valence-electron chi connectivity index (χ0n) is 11.7. The molecule has 1 heteroatoms. The maximum atomic E-state index is 9.72. The van der Waals surface area contributed by atoms with Gasteiger partial charge in [-0.15, -0.1) is 0 Å². The molecule has 1 atom stereocenters. The number of hydrogen-bond acceptors (Lipinski definition) is 1. The molecule has 0 aliphatic rings. The summed E-state index contributed by atoms with van der Waals surface area (Å²) in [6, 6.07) is 0. The molecule has 0 rings (SSSR count). The van der Waals surface area contributed by atoms with Crippen LogP contribution in [0.5, 0.6) is 0 Å². The molecule has 1 N–H and O–H groups in total. The van der Waals surface area contributed by atoms with Crippen molar-refractivity contribution in [3.05, 3.63) is 0 Å². The summed E-state index contributed by atoms with van der Waals surface area (Å²) in [7, 11) is 0. The first kappa shape index (κ1) is 16.0. The van der Waals surface area contributed by atoms with Gasteiger partial charge in [-0.2, -0.15) is 0 Å². The predicted molar refractivity (Wildman–Crippen MR) is 72.7 cm³/mol. The van der Waals surface area contributed by atoms with Crippen molar-refractivity contribution in [2.24, 2.45) is 5.92 Å². The van der Waals surface area contributed by atoms with Gasteiger partial charge in [0.15, 0.2) is 0 Å². The molecule has 0 radical (unpaired) electrons. The van der Waals surface area contributed by atoms with E-state index in [9.17, 15) is 5.11 Å². The Labute approximate surface area is 103 Å². The van der Waals surface area contributed by atoms with Crippen LogP contribution in [0.4, 0.5) is 0 Å². The topological polar surface area (TPSA) is 20.2 Å². The fraction of sp³-hybridized carbons (Fsp3) is 1.00. The second-order valence-electron chi connectivity index (χ2n) is 5.54. The number of rotatable bonds is 11. The molecule has 0 aliphatic heterocycles. The Balaban J connectivity index is 3.12. The number of aliphatic hydroxyl groups excluding tert-OH is 1. The third-order valence-corrected chi connectivity index (χ3v) is 3.21. The molecule has 0 aliphatic carbocycles. The second kappa shape index (κ2) is 11.4. The normalized spacial score (nSPS) is 13.3. The van der Waals surface area contributed by atoms with Crippen LogP contribution in [-0.4, -0.2) is 11.2 Å². The molecule has 0 spiro atoms. The van der Waals surface area contributed by atoms with Crippen LogP contribution < -0.4 is 0 Å². The van der Waals surface area contributed by atoms with Gasteiger partial charge < -0.3 is 5.11 Å². The molecule has 0 aromatic rings. The fourth-order valence-electron chi connectivity index (χ4n) is 2.06. The van der Waals surface area contributed by atoms with Gasteiger partial charge in [0.2, 0.25) is 0 Å². The Bertz CT molecular complexity index is 131. The first-order valence-electron chi connectivity index (χ1n) is 7.34. The smallest absolute Gasteiger partial charge is 0.0540 e. The van der Waals surface area contributed by atoms with Crippen LogP contribution in [0.25, 0.3) is 0 Å². The van der Waals surface area contributed by atoms with Crippen LogP contribution >= 0.6 is 0 Å². The molecule has 0 fully saturated rings. The lowest BCUT2D eigenvalue weighted by atomic mass is 10.0. The predicted octanol–water partition coefficient (Wildman–Crippen LogP) is 4.92. The number of aliphatic hydroxyl groups is 1. The standard InChI is InChI=1S/C15H32O/c1-4-5-8-12-15(16)13-10-7-6-9-11-14(2)3/h14-16H,4-13H2,1-3H3. The molecule has 0 amide bonds. The largest absolute Gasteiger partial charge is 0.393 e. The molecule has 0 bridgehead atoms. The molecule has 0 saturated heterocycles. The van der Waals surface area contributed by atoms with Crippen molar-refractivity contribution in [3.63, 3.8) is 0 Å². The highest BCUT2D eigenvalue weighted by atomic mass is 16.3. The second-order valence-corrected chi connectivity index (χ2v) is 5.54. The minimum atomic E-state index is -0.0309. The van der Waals surface area contributed by atoms with Crippen molar-refractivity contribution in [1.82, 2.24) is 0 Å². The van der Waals surface area contributed by atoms with Gasteiger partial charge in [0.1, 0.15) is 0 Å². The van der Waals surface area contributed by atoms with E-state index in [4.69, 9.17) is 0 Å². The summed E-state index contributed by atoms with van der Waals surface area (Å²) in [5.41, 5.74) is 0. The summed E-state index contributed by atoms with van der Waals surface area (Å²) >= 11 is 0. The fourth-order valence-corrected chi connectivity index (χ4v) is 2.06. The highest BCUT2D eigenvalue weighted by Gasteiger charge is 2.03. The zero-order chi connectivity index (χ0) is 12.2. The Hall–Kier alpha value is -0.0400. The van der Waals surface area contributed by atoms with Crippen LogP contribution in [0.1, 0.15) is 85.0 Å². The quantitative estimate of drug-likeness (QED) is 0.497. The van der Waals surface area contributed by atoms with Crippen LogP contribution in [0.2, 0.25) is 0 Å². The van der Waals surface area contributed by atoms with Crippen molar-refractivity contribution in [3.8, 4) is 0 Å². The number of hydrogen-bond donors (Lipinski definition) is 1. The Morgan fingerprint density at radius 2 is 1.25 bits per heavy atom. The molecular weight excluding hydrogens is 196 g/mol. The van der Waals surface area contributed by atoms with E-state index in [1.54, 1.807) is 0 Å². The molecule has 0 aromatic carbocycles. The first-order valence-corrected chi connectivity index (χ1v) is 7.34. The van der Waals surface area contributed by atoms with E-state index in [1.165, 1.54) is 51.4 Å². The lowest BCUT2D eigenvalue weighted by Gasteiger charge is -2.10. The minimum Gasteiger partial charge on any atom is -0.393 e. The van der Waals surface area contributed by atoms with Crippen LogP contribution in [0, 0.1) is 5.92 Å². The van der Waals surface area contributed by atoms with E-state index in [1.807, 2.05) is 0 Å². The molecule has 0 saturated carbocycles. The van der Waals surface area contributed by atoms with Crippen LogP contribution in [0.3, 0.4) is 0 Å². The molecule has 1 unspecified atom stereocenters. The van der Waals surface area contributed by atoms with E-state index in [2.05, 4.69) is 20.8 Å². The van der Waals surface area contributed by atoms with Crippen molar-refractivity contribution < 1.29 is 5.11 Å². The van der Waals surface area contributed by atoms with Gasteiger partial charge in [-0.1, -0.05) is 72.1 Å². The van der Waals surface area contributed by atoms with Crippen molar-refractivity contribution in [2.45, 2.75) is 91.1 Å². The van der Waals surface area contributed by atoms with E-state index in [0.29, 0.717) is 0 Å². The Morgan fingerprint density at radius 1 is 0.750 bits per heavy atom. The molecule has 98 valence electrons. The molecule has 16 heavy (non-hydrogen) atoms. The monoisotopic (exact) mass is 228 g/mol. The van der Waals surface area contributed by atoms with Gasteiger partial charge in [-0.25, -0.2) is 0 Å². The van der Waals surface area contributed by atoms with Crippen molar-refractivity contribution in [1.29, 1.82) is 0 Å².